The standard InChI is InChI=1S/C22H16N2O5/c1-14(25)28-18-9-7-16(8-10-18)19(26)13-15-4-2-5-17(12-15)21-23-24-22(29-21)20-6-3-11-27-20/h2-12H,13H2,1H3. The van der Waals surface area contributed by atoms with E-state index in [1.165, 1.54) is 13.2 Å². The zero-order valence-corrected chi connectivity index (χ0v) is 15.5. The Kier molecular flexibility index (Phi) is 5.03. The smallest absolute Gasteiger partial charge is 0.308 e. The van der Waals surface area contributed by atoms with E-state index in [9.17, 15) is 9.59 Å². The zero-order valence-electron chi connectivity index (χ0n) is 15.5. The van der Waals surface area contributed by atoms with Gasteiger partial charge < -0.3 is 13.6 Å². The van der Waals surface area contributed by atoms with Crippen molar-refractivity contribution in [1.82, 2.24) is 10.2 Å². The highest BCUT2D eigenvalue weighted by molar-refractivity contribution is 5.97. The third kappa shape index (κ3) is 4.30. The molecule has 0 amide bonds. The van der Waals surface area contributed by atoms with Crippen molar-refractivity contribution in [2.75, 3.05) is 0 Å². The average molecular weight is 388 g/mol. The van der Waals surface area contributed by atoms with Gasteiger partial charge in [0.2, 0.25) is 5.89 Å². The molecule has 29 heavy (non-hydrogen) atoms. The number of hydrogen-bond donors (Lipinski definition) is 0. The number of nitrogens with zero attached hydrogens (tertiary/aromatic N) is 2. The lowest BCUT2D eigenvalue weighted by Crippen LogP contribution is -2.05. The maximum absolute atomic E-state index is 12.6. The molecule has 0 spiro atoms. The largest absolute Gasteiger partial charge is 0.459 e. The van der Waals surface area contributed by atoms with E-state index in [-0.39, 0.29) is 12.2 Å². The Labute approximate surface area is 165 Å². The van der Waals surface area contributed by atoms with Crippen LogP contribution >= 0.6 is 0 Å². The molecule has 7 heteroatoms. The second-order valence-corrected chi connectivity index (χ2v) is 6.31. The molecule has 2 aromatic heterocycles. The van der Waals surface area contributed by atoms with Crippen molar-refractivity contribution in [3.63, 3.8) is 0 Å². The number of aromatic nitrogens is 2. The zero-order chi connectivity index (χ0) is 20.2. The molecule has 0 aliphatic rings. The van der Waals surface area contributed by atoms with Crippen molar-refractivity contribution in [3.05, 3.63) is 78.1 Å². The van der Waals surface area contributed by atoms with Crippen molar-refractivity contribution in [2.24, 2.45) is 0 Å². The SMILES string of the molecule is CC(=O)Oc1ccc(C(=O)Cc2cccc(-c3nnc(-c4ccco4)o3)c2)cc1. The third-order valence-corrected chi connectivity index (χ3v) is 4.13. The lowest BCUT2D eigenvalue weighted by Gasteiger charge is -2.05. The molecule has 0 saturated carbocycles. The Morgan fingerprint density at radius 3 is 2.48 bits per heavy atom. The topological polar surface area (TPSA) is 95.4 Å². The Morgan fingerprint density at radius 2 is 1.76 bits per heavy atom. The fraction of sp³-hybridized carbons (Fsp3) is 0.0909. The average Bonchev–Trinajstić information content (AvgIpc) is 3.40. The molecule has 0 radical (unpaired) electrons. The summed E-state index contributed by atoms with van der Waals surface area (Å²) in [5.74, 6) is 1.07. The van der Waals surface area contributed by atoms with Crippen molar-refractivity contribution in [3.8, 4) is 28.9 Å². The van der Waals surface area contributed by atoms with Crippen molar-refractivity contribution in [2.45, 2.75) is 13.3 Å². The van der Waals surface area contributed by atoms with E-state index in [1.54, 1.807) is 36.4 Å². The molecule has 0 bridgehead atoms. The molecular formula is C22H16N2O5. The monoisotopic (exact) mass is 388 g/mol. The van der Waals surface area contributed by atoms with Gasteiger partial charge in [-0.3, -0.25) is 9.59 Å². The second-order valence-electron chi connectivity index (χ2n) is 6.31. The van der Waals surface area contributed by atoms with Crippen LogP contribution in [-0.2, 0) is 11.2 Å². The predicted octanol–water partition coefficient (Wildman–Crippen LogP) is 4.35. The van der Waals surface area contributed by atoms with Gasteiger partial charge in [0, 0.05) is 24.5 Å². The third-order valence-electron chi connectivity index (χ3n) is 4.13. The fourth-order valence-electron chi connectivity index (χ4n) is 2.82. The van der Waals surface area contributed by atoms with Crippen LogP contribution in [0.1, 0.15) is 22.8 Å². The summed E-state index contributed by atoms with van der Waals surface area (Å²) in [5, 5.41) is 8.04. The lowest BCUT2D eigenvalue weighted by atomic mass is 10.0. The Bertz CT molecular complexity index is 1140. The van der Waals surface area contributed by atoms with E-state index in [2.05, 4.69) is 10.2 Å². The summed E-state index contributed by atoms with van der Waals surface area (Å²) in [5.41, 5.74) is 2.06. The number of esters is 1. The molecule has 4 aromatic rings. The van der Waals surface area contributed by atoms with Crippen LogP contribution in [0, 0.1) is 0 Å². The summed E-state index contributed by atoms with van der Waals surface area (Å²) in [6, 6.07) is 17.3. The summed E-state index contributed by atoms with van der Waals surface area (Å²) in [6.07, 6.45) is 1.74. The number of carbonyl (C=O) groups is 2. The summed E-state index contributed by atoms with van der Waals surface area (Å²) in [4.78, 5) is 23.6. The predicted molar refractivity (Wildman–Crippen MR) is 103 cm³/mol. The minimum absolute atomic E-state index is 0.0571. The second kappa shape index (κ2) is 7.93. The quantitative estimate of drug-likeness (QED) is 0.275. The Morgan fingerprint density at radius 1 is 0.966 bits per heavy atom. The van der Waals surface area contributed by atoms with E-state index in [4.69, 9.17) is 13.6 Å². The molecule has 2 aromatic carbocycles. The highest BCUT2D eigenvalue weighted by Gasteiger charge is 2.14. The number of ether oxygens (including phenoxy) is 1. The Hall–Kier alpha value is -4.00. The van der Waals surface area contributed by atoms with Gasteiger partial charge in [-0.05, 0) is 54.1 Å². The van der Waals surface area contributed by atoms with E-state index in [1.807, 2.05) is 24.3 Å². The van der Waals surface area contributed by atoms with Gasteiger partial charge in [0.15, 0.2) is 11.5 Å². The summed E-state index contributed by atoms with van der Waals surface area (Å²) in [6.45, 7) is 1.33. The first kappa shape index (κ1) is 18.4. The minimum atomic E-state index is -0.405. The maximum Gasteiger partial charge on any atom is 0.308 e. The number of furan rings is 1. The fourth-order valence-corrected chi connectivity index (χ4v) is 2.82. The molecule has 0 fully saturated rings. The molecule has 0 saturated heterocycles. The van der Waals surface area contributed by atoms with Gasteiger partial charge in [-0.1, -0.05) is 12.1 Å². The van der Waals surface area contributed by atoms with Crippen LogP contribution < -0.4 is 4.74 Å². The number of benzene rings is 2. The van der Waals surface area contributed by atoms with Crippen LogP contribution in [0.5, 0.6) is 5.75 Å². The molecule has 0 aliphatic heterocycles. The van der Waals surface area contributed by atoms with E-state index < -0.39 is 5.97 Å². The molecule has 0 aliphatic carbocycles. The molecule has 0 atom stereocenters. The van der Waals surface area contributed by atoms with Gasteiger partial charge in [-0.15, -0.1) is 10.2 Å². The summed E-state index contributed by atoms with van der Waals surface area (Å²) >= 11 is 0. The van der Waals surface area contributed by atoms with Gasteiger partial charge in [0.1, 0.15) is 5.75 Å². The van der Waals surface area contributed by atoms with Gasteiger partial charge in [-0.25, -0.2) is 0 Å². The molecular weight excluding hydrogens is 372 g/mol. The minimum Gasteiger partial charge on any atom is -0.459 e. The summed E-state index contributed by atoms with van der Waals surface area (Å²) < 4.78 is 15.9. The molecule has 4 rings (SSSR count). The first-order chi connectivity index (χ1) is 14.1. The van der Waals surface area contributed by atoms with Crippen LogP contribution in [0.4, 0.5) is 0 Å². The first-order valence-electron chi connectivity index (χ1n) is 8.87. The number of hydrogen-bond acceptors (Lipinski definition) is 7. The first-order valence-corrected chi connectivity index (χ1v) is 8.87. The van der Waals surface area contributed by atoms with Gasteiger partial charge in [0.05, 0.1) is 6.26 Å². The van der Waals surface area contributed by atoms with Gasteiger partial charge >= 0.3 is 5.97 Å². The maximum atomic E-state index is 12.6. The van der Waals surface area contributed by atoms with Crippen LogP contribution in [0.3, 0.4) is 0 Å². The molecule has 7 nitrogen and oxygen atoms in total. The highest BCUT2D eigenvalue weighted by atomic mass is 16.5. The van der Waals surface area contributed by atoms with E-state index >= 15 is 0 Å². The van der Waals surface area contributed by atoms with Gasteiger partial charge in [0.25, 0.3) is 5.89 Å². The Balaban J connectivity index is 1.49. The number of carbonyl (C=O) groups excluding carboxylic acids is 2. The summed E-state index contributed by atoms with van der Waals surface area (Å²) in [7, 11) is 0. The lowest BCUT2D eigenvalue weighted by molar-refractivity contribution is -0.131. The van der Waals surface area contributed by atoms with Crippen LogP contribution in [-0.4, -0.2) is 21.9 Å². The number of Topliss-reactive ketones (excluding diaryl/α,β-unsaturated/α-hetero) is 1. The van der Waals surface area contributed by atoms with E-state index in [0.717, 1.165) is 5.56 Å². The van der Waals surface area contributed by atoms with Crippen molar-refractivity contribution in [1.29, 1.82) is 0 Å². The van der Waals surface area contributed by atoms with Crippen LogP contribution in [0.25, 0.3) is 23.1 Å². The van der Waals surface area contributed by atoms with E-state index in [0.29, 0.717) is 34.4 Å². The van der Waals surface area contributed by atoms with Crippen LogP contribution in [0.2, 0.25) is 0 Å². The van der Waals surface area contributed by atoms with Crippen molar-refractivity contribution >= 4 is 11.8 Å². The highest BCUT2D eigenvalue weighted by Crippen LogP contribution is 2.25. The molecule has 0 unspecified atom stereocenters. The van der Waals surface area contributed by atoms with Gasteiger partial charge in [-0.2, -0.15) is 0 Å². The molecule has 0 N–H and O–H groups in total. The van der Waals surface area contributed by atoms with Crippen LogP contribution in [0.15, 0.2) is 75.8 Å². The molecule has 2 heterocycles. The molecule has 144 valence electrons. The van der Waals surface area contributed by atoms with Crippen molar-refractivity contribution < 1.29 is 23.2 Å². The number of ketones is 1. The normalized spacial score (nSPS) is 10.7. The number of rotatable bonds is 6.